The molecule has 4 nitrogen and oxygen atoms in total. The molecule has 0 amide bonds. The third kappa shape index (κ3) is 6.27. The fourth-order valence-corrected chi connectivity index (χ4v) is 3.56. The Hall–Kier alpha value is -2.94. The van der Waals surface area contributed by atoms with Gasteiger partial charge in [-0.1, -0.05) is 24.3 Å². The van der Waals surface area contributed by atoms with Gasteiger partial charge in [-0.25, -0.2) is 9.18 Å². The first-order chi connectivity index (χ1) is 14.7. The maximum atomic E-state index is 13.8. The van der Waals surface area contributed by atoms with Gasteiger partial charge < -0.3 is 15.4 Å². The van der Waals surface area contributed by atoms with Crippen LogP contribution in [0.4, 0.5) is 17.6 Å². The van der Waals surface area contributed by atoms with E-state index in [9.17, 15) is 22.4 Å². The van der Waals surface area contributed by atoms with Crippen LogP contribution in [0.25, 0.3) is 6.08 Å². The Kier molecular flexibility index (Phi) is 7.27. The molecular formula is C22H20F4N2O2S. The topological polar surface area (TPSA) is 50.4 Å². The lowest BCUT2D eigenvalue weighted by molar-refractivity contribution is -0.138. The largest absolute Gasteiger partial charge is 0.461 e. The zero-order chi connectivity index (χ0) is 22.4. The van der Waals surface area contributed by atoms with Gasteiger partial charge in [-0.3, -0.25) is 0 Å². The van der Waals surface area contributed by atoms with Gasteiger partial charge in [0.15, 0.2) is 5.11 Å². The molecule has 164 valence electrons. The first-order valence-electron chi connectivity index (χ1n) is 9.58. The Morgan fingerprint density at radius 3 is 2.77 bits per heavy atom. The van der Waals surface area contributed by atoms with Gasteiger partial charge in [-0.05, 0) is 66.0 Å². The van der Waals surface area contributed by atoms with Gasteiger partial charge in [-0.2, -0.15) is 13.2 Å². The van der Waals surface area contributed by atoms with Gasteiger partial charge in [0.05, 0.1) is 18.2 Å². The molecule has 3 rings (SSSR count). The van der Waals surface area contributed by atoms with E-state index in [1.807, 2.05) is 6.07 Å². The molecule has 0 radical (unpaired) electrons. The fourth-order valence-electron chi connectivity index (χ4n) is 3.32. The first kappa shape index (κ1) is 22.7. The van der Waals surface area contributed by atoms with E-state index in [4.69, 9.17) is 17.0 Å². The van der Waals surface area contributed by atoms with Gasteiger partial charge in [0.25, 0.3) is 0 Å². The zero-order valence-corrected chi connectivity index (χ0v) is 17.2. The molecule has 9 heteroatoms. The normalized spacial score (nSPS) is 15.5. The molecule has 0 saturated heterocycles. The van der Waals surface area contributed by atoms with Crippen molar-refractivity contribution in [3.8, 4) is 0 Å². The Balaban J connectivity index is 1.39. The van der Waals surface area contributed by atoms with Crippen LogP contribution in [-0.4, -0.2) is 24.2 Å². The molecule has 1 unspecified atom stereocenters. The molecule has 2 aromatic carbocycles. The number of carbonyl (C=O) groups excluding carboxylic acids is 1. The van der Waals surface area contributed by atoms with Crippen LogP contribution in [0, 0.1) is 5.82 Å². The van der Waals surface area contributed by atoms with E-state index in [1.54, 1.807) is 6.07 Å². The molecule has 0 aromatic heterocycles. The molecule has 1 aliphatic rings. The number of fused-ring (bicyclic) bond motifs is 1. The summed E-state index contributed by atoms with van der Waals surface area (Å²) in [7, 11) is 0. The van der Waals surface area contributed by atoms with Crippen LogP contribution < -0.4 is 10.6 Å². The van der Waals surface area contributed by atoms with Gasteiger partial charge in [0.2, 0.25) is 0 Å². The minimum absolute atomic E-state index is 0.0173. The summed E-state index contributed by atoms with van der Waals surface area (Å²) < 4.78 is 56.9. The number of alkyl halides is 3. The van der Waals surface area contributed by atoms with E-state index in [0.29, 0.717) is 17.1 Å². The summed E-state index contributed by atoms with van der Waals surface area (Å²) in [6, 6.07) is 9.51. The summed E-state index contributed by atoms with van der Waals surface area (Å²) in [5, 5.41) is 6.39. The number of ether oxygens (including phenoxy) is 1. The molecule has 31 heavy (non-hydrogen) atoms. The highest BCUT2D eigenvalue weighted by atomic mass is 32.1. The van der Waals surface area contributed by atoms with E-state index in [0.717, 1.165) is 30.2 Å². The van der Waals surface area contributed by atoms with Gasteiger partial charge >= 0.3 is 12.1 Å². The summed E-state index contributed by atoms with van der Waals surface area (Å²) in [5.41, 5.74) is 1.03. The maximum Gasteiger partial charge on any atom is 0.416 e. The first-order valence-corrected chi connectivity index (χ1v) is 9.98. The molecule has 0 aliphatic heterocycles. The van der Waals surface area contributed by atoms with Crippen molar-refractivity contribution in [1.29, 1.82) is 0 Å². The van der Waals surface area contributed by atoms with Crippen molar-refractivity contribution >= 4 is 29.4 Å². The minimum Gasteiger partial charge on any atom is -0.461 e. The van der Waals surface area contributed by atoms with Gasteiger partial charge in [0, 0.05) is 6.08 Å². The van der Waals surface area contributed by atoms with Crippen molar-refractivity contribution in [2.24, 2.45) is 0 Å². The standard InChI is InChI=1S/C22H20F4N2O2S/c23-18-6-2-5-17-16(18)8-9-19(17)28-21(31)27-11-12-30-20(29)10-7-14-3-1-4-15(13-14)22(24,25)26/h1-7,10,13,19H,8-9,11-12H2,(H2,27,28,31)/b10-7+. The predicted octanol–water partition coefficient (Wildman–Crippen LogP) is 4.55. The van der Waals surface area contributed by atoms with E-state index in [-0.39, 0.29) is 30.6 Å². The Labute approximate surface area is 182 Å². The highest BCUT2D eigenvalue weighted by Crippen LogP contribution is 2.32. The number of nitrogens with one attached hydrogen (secondary N) is 2. The van der Waals surface area contributed by atoms with Crippen LogP contribution >= 0.6 is 12.2 Å². The lowest BCUT2D eigenvalue weighted by atomic mass is 10.1. The summed E-state index contributed by atoms with van der Waals surface area (Å²) in [4.78, 5) is 11.7. The Morgan fingerprint density at radius 2 is 2.00 bits per heavy atom. The van der Waals surface area contributed by atoms with Crippen LogP contribution in [0.3, 0.4) is 0 Å². The molecule has 1 aliphatic carbocycles. The van der Waals surface area contributed by atoms with Crippen LogP contribution in [0.1, 0.15) is 34.7 Å². The summed E-state index contributed by atoms with van der Waals surface area (Å²) >= 11 is 5.23. The third-order valence-corrected chi connectivity index (χ3v) is 5.04. The second kappa shape index (κ2) is 9.91. The lowest BCUT2D eigenvalue weighted by Gasteiger charge is -2.17. The SMILES string of the molecule is O=C(/C=C/c1cccc(C(F)(F)F)c1)OCCNC(=S)NC1CCc2c(F)cccc21. The minimum atomic E-state index is -4.45. The Bertz CT molecular complexity index is 992. The van der Waals surface area contributed by atoms with E-state index >= 15 is 0 Å². The molecule has 0 spiro atoms. The zero-order valence-electron chi connectivity index (χ0n) is 16.3. The van der Waals surface area contributed by atoms with Crippen molar-refractivity contribution in [3.05, 3.63) is 76.6 Å². The smallest absolute Gasteiger partial charge is 0.416 e. The van der Waals surface area contributed by atoms with Crippen molar-refractivity contribution in [1.82, 2.24) is 10.6 Å². The van der Waals surface area contributed by atoms with Crippen molar-refractivity contribution in [3.63, 3.8) is 0 Å². The number of hydrogen-bond donors (Lipinski definition) is 2. The highest BCUT2D eigenvalue weighted by Gasteiger charge is 2.30. The van der Waals surface area contributed by atoms with Gasteiger partial charge in [0.1, 0.15) is 12.4 Å². The number of carbonyl (C=O) groups is 1. The number of esters is 1. The lowest BCUT2D eigenvalue weighted by Crippen LogP contribution is -2.38. The van der Waals surface area contributed by atoms with Crippen molar-refractivity contribution in [2.75, 3.05) is 13.2 Å². The second-order valence-corrected chi connectivity index (χ2v) is 7.33. The summed E-state index contributed by atoms with van der Waals surface area (Å²) in [6.07, 6.45) is -0.757. The molecule has 0 bridgehead atoms. The molecule has 0 saturated carbocycles. The molecule has 0 fully saturated rings. The van der Waals surface area contributed by atoms with Crippen LogP contribution in [0.2, 0.25) is 0 Å². The second-order valence-electron chi connectivity index (χ2n) is 6.92. The maximum absolute atomic E-state index is 13.8. The van der Waals surface area contributed by atoms with Crippen molar-refractivity contribution in [2.45, 2.75) is 25.1 Å². The van der Waals surface area contributed by atoms with Crippen molar-refractivity contribution < 1.29 is 27.1 Å². The van der Waals surface area contributed by atoms with Crippen LogP contribution in [0.5, 0.6) is 0 Å². The molecule has 2 aromatic rings. The molecule has 1 atom stereocenters. The van der Waals surface area contributed by atoms with Gasteiger partial charge in [-0.15, -0.1) is 0 Å². The number of thiocarbonyl (C=S) groups is 1. The Morgan fingerprint density at radius 1 is 1.23 bits per heavy atom. The predicted molar refractivity (Wildman–Crippen MR) is 113 cm³/mol. The molecule has 0 heterocycles. The number of benzene rings is 2. The average molecular weight is 452 g/mol. The number of hydrogen-bond acceptors (Lipinski definition) is 3. The number of halogens is 4. The monoisotopic (exact) mass is 452 g/mol. The highest BCUT2D eigenvalue weighted by molar-refractivity contribution is 7.80. The average Bonchev–Trinajstić information content (AvgIpc) is 3.13. The summed E-state index contributed by atoms with van der Waals surface area (Å²) in [6.45, 7) is 0.265. The molecule has 2 N–H and O–H groups in total. The van der Waals surface area contributed by atoms with Crippen LogP contribution in [-0.2, 0) is 22.1 Å². The quantitative estimate of drug-likeness (QED) is 0.221. The van der Waals surface area contributed by atoms with E-state index in [2.05, 4.69) is 10.6 Å². The third-order valence-electron chi connectivity index (χ3n) is 4.78. The summed E-state index contributed by atoms with van der Waals surface area (Å²) in [5.74, 6) is -0.899. The van der Waals surface area contributed by atoms with Crippen LogP contribution in [0.15, 0.2) is 48.5 Å². The van der Waals surface area contributed by atoms with E-state index in [1.165, 1.54) is 24.3 Å². The van der Waals surface area contributed by atoms with E-state index < -0.39 is 17.7 Å². The number of rotatable bonds is 6. The fraction of sp³-hybridized carbons (Fsp3) is 0.273. The molecular weight excluding hydrogens is 432 g/mol.